The molecule has 0 heterocycles. The molecule has 0 rings (SSSR count). The molecule has 3 nitrogen and oxygen atoms in total. The van der Waals surface area contributed by atoms with Crippen LogP contribution in [0.1, 0.15) is 34.6 Å². The van der Waals surface area contributed by atoms with Gasteiger partial charge in [0, 0.05) is 6.54 Å². The first-order chi connectivity index (χ1) is 5.81. The molecule has 0 saturated heterocycles. The molecular weight excluding hydrogens is 166 g/mol. The molecule has 0 radical (unpaired) electrons. The molecule has 13 heavy (non-hydrogen) atoms. The van der Waals surface area contributed by atoms with Gasteiger partial charge in [0.2, 0.25) is 5.91 Å². The Balaban J connectivity index is 3.53. The Hall–Kier alpha value is -0.570. The minimum Gasteiger partial charge on any atom is -0.366 e. The lowest BCUT2D eigenvalue weighted by Crippen LogP contribution is -2.34. The van der Waals surface area contributed by atoms with Gasteiger partial charge in [-0.05, 0) is 26.7 Å². The third-order valence-corrected chi connectivity index (χ3v) is 1.34. The Bertz CT molecular complexity index is 159. The van der Waals surface area contributed by atoms with Gasteiger partial charge in [-0.1, -0.05) is 13.8 Å². The number of hydrogen-bond acceptors (Lipinski definition) is 2. The minimum absolute atomic E-state index is 0.0383. The normalized spacial score (nSPS) is 11.8. The van der Waals surface area contributed by atoms with Crippen molar-refractivity contribution in [2.45, 2.75) is 40.2 Å². The van der Waals surface area contributed by atoms with Crippen molar-refractivity contribution in [1.82, 2.24) is 5.32 Å². The molecule has 0 unspecified atom stereocenters. The maximum absolute atomic E-state index is 11.2. The van der Waals surface area contributed by atoms with Gasteiger partial charge in [-0.15, -0.1) is 0 Å². The minimum atomic E-state index is -0.241. The van der Waals surface area contributed by atoms with Crippen LogP contribution in [-0.2, 0) is 9.53 Å². The fourth-order valence-electron chi connectivity index (χ4n) is 0.651. The van der Waals surface area contributed by atoms with Crippen LogP contribution in [0.15, 0.2) is 0 Å². The quantitative estimate of drug-likeness (QED) is 0.725. The van der Waals surface area contributed by atoms with Crippen molar-refractivity contribution >= 4 is 5.91 Å². The van der Waals surface area contributed by atoms with Crippen LogP contribution in [0.5, 0.6) is 0 Å². The predicted octanol–water partition coefficient (Wildman–Crippen LogP) is 1.57. The SMILES string of the molecule is CC(C)CNC(=O)COC(C)(C)C. The summed E-state index contributed by atoms with van der Waals surface area (Å²) in [6.07, 6.45) is 0. The zero-order valence-electron chi connectivity index (χ0n) is 9.31. The summed E-state index contributed by atoms with van der Waals surface area (Å²) in [5, 5.41) is 2.79. The van der Waals surface area contributed by atoms with Crippen molar-refractivity contribution in [3.63, 3.8) is 0 Å². The van der Waals surface area contributed by atoms with Gasteiger partial charge in [-0.3, -0.25) is 4.79 Å². The maximum Gasteiger partial charge on any atom is 0.246 e. The van der Waals surface area contributed by atoms with E-state index < -0.39 is 0 Å². The molecule has 0 aromatic heterocycles. The molecule has 0 aliphatic carbocycles. The number of rotatable bonds is 4. The molecule has 0 saturated carbocycles. The van der Waals surface area contributed by atoms with Gasteiger partial charge in [-0.2, -0.15) is 0 Å². The van der Waals surface area contributed by atoms with Crippen molar-refractivity contribution in [3.8, 4) is 0 Å². The highest BCUT2D eigenvalue weighted by molar-refractivity contribution is 5.77. The van der Waals surface area contributed by atoms with Gasteiger partial charge >= 0.3 is 0 Å². The molecule has 1 amide bonds. The van der Waals surface area contributed by atoms with Gasteiger partial charge in [0.15, 0.2) is 0 Å². The Labute approximate surface area is 80.8 Å². The van der Waals surface area contributed by atoms with E-state index in [9.17, 15) is 4.79 Å². The summed E-state index contributed by atoms with van der Waals surface area (Å²) in [5.41, 5.74) is -0.241. The highest BCUT2D eigenvalue weighted by Crippen LogP contribution is 2.05. The lowest BCUT2D eigenvalue weighted by molar-refractivity contribution is -0.130. The molecule has 0 aromatic rings. The third-order valence-electron chi connectivity index (χ3n) is 1.34. The van der Waals surface area contributed by atoms with Gasteiger partial charge in [0.25, 0.3) is 0 Å². The number of ether oxygens (including phenoxy) is 1. The van der Waals surface area contributed by atoms with Crippen LogP contribution in [-0.4, -0.2) is 24.7 Å². The zero-order chi connectivity index (χ0) is 10.5. The molecule has 0 spiro atoms. The Kier molecular flexibility index (Phi) is 4.99. The summed E-state index contributed by atoms with van der Waals surface area (Å²) in [5.74, 6) is 0.446. The second-order valence-electron chi connectivity index (χ2n) is 4.60. The number of nitrogens with one attached hydrogen (secondary N) is 1. The van der Waals surface area contributed by atoms with Gasteiger partial charge < -0.3 is 10.1 Å². The molecule has 0 aromatic carbocycles. The molecule has 0 bridgehead atoms. The van der Waals surface area contributed by atoms with Crippen LogP contribution in [0.2, 0.25) is 0 Å². The van der Waals surface area contributed by atoms with Crippen LogP contribution in [0.25, 0.3) is 0 Å². The summed E-state index contributed by atoms with van der Waals surface area (Å²) >= 11 is 0. The standard InChI is InChI=1S/C10H21NO2/c1-8(2)6-11-9(12)7-13-10(3,4)5/h8H,6-7H2,1-5H3,(H,11,12). The summed E-state index contributed by atoms with van der Waals surface area (Å²) < 4.78 is 5.31. The number of carbonyl (C=O) groups is 1. The smallest absolute Gasteiger partial charge is 0.246 e. The molecular formula is C10H21NO2. The first-order valence-electron chi connectivity index (χ1n) is 4.72. The predicted molar refractivity (Wildman–Crippen MR) is 53.6 cm³/mol. The Morgan fingerprint density at radius 3 is 2.31 bits per heavy atom. The van der Waals surface area contributed by atoms with E-state index in [1.165, 1.54) is 0 Å². The summed E-state index contributed by atoms with van der Waals surface area (Å²) in [6, 6.07) is 0. The molecule has 0 atom stereocenters. The van der Waals surface area contributed by atoms with Crippen LogP contribution in [0.4, 0.5) is 0 Å². The van der Waals surface area contributed by atoms with E-state index in [2.05, 4.69) is 19.2 Å². The highest BCUT2D eigenvalue weighted by Gasteiger charge is 2.12. The number of carbonyl (C=O) groups excluding carboxylic acids is 1. The van der Waals surface area contributed by atoms with Crippen LogP contribution in [0, 0.1) is 5.92 Å². The molecule has 78 valence electrons. The Morgan fingerprint density at radius 2 is 1.92 bits per heavy atom. The second-order valence-corrected chi connectivity index (χ2v) is 4.60. The van der Waals surface area contributed by atoms with E-state index in [1.807, 2.05) is 20.8 Å². The van der Waals surface area contributed by atoms with E-state index in [0.29, 0.717) is 12.5 Å². The lowest BCUT2D eigenvalue weighted by Gasteiger charge is -2.19. The zero-order valence-corrected chi connectivity index (χ0v) is 9.31. The monoisotopic (exact) mass is 187 g/mol. The van der Waals surface area contributed by atoms with E-state index in [1.54, 1.807) is 0 Å². The van der Waals surface area contributed by atoms with Crippen LogP contribution < -0.4 is 5.32 Å². The highest BCUT2D eigenvalue weighted by atomic mass is 16.5. The van der Waals surface area contributed by atoms with Crippen molar-refractivity contribution in [2.24, 2.45) is 5.92 Å². The largest absolute Gasteiger partial charge is 0.366 e. The first-order valence-corrected chi connectivity index (χ1v) is 4.72. The molecule has 0 fully saturated rings. The number of amides is 1. The molecule has 0 aliphatic heterocycles. The first kappa shape index (κ1) is 12.4. The third kappa shape index (κ3) is 9.34. The average Bonchev–Trinajstić information content (AvgIpc) is 1.95. The van der Waals surface area contributed by atoms with E-state index in [0.717, 1.165) is 0 Å². The van der Waals surface area contributed by atoms with Gasteiger partial charge in [0.1, 0.15) is 6.61 Å². The van der Waals surface area contributed by atoms with E-state index in [-0.39, 0.29) is 18.1 Å². The summed E-state index contributed by atoms with van der Waals surface area (Å²) in [7, 11) is 0. The van der Waals surface area contributed by atoms with Crippen LogP contribution >= 0.6 is 0 Å². The second kappa shape index (κ2) is 5.22. The lowest BCUT2D eigenvalue weighted by atomic mass is 10.2. The van der Waals surface area contributed by atoms with E-state index >= 15 is 0 Å². The van der Waals surface area contributed by atoms with E-state index in [4.69, 9.17) is 4.74 Å². The molecule has 0 aliphatic rings. The topological polar surface area (TPSA) is 38.3 Å². The fourth-order valence-corrected chi connectivity index (χ4v) is 0.651. The van der Waals surface area contributed by atoms with Crippen molar-refractivity contribution < 1.29 is 9.53 Å². The van der Waals surface area contributed by atoms with Crippen molar-refractivity contribution in [3.05, 3.63) is 0 Å². The molecule has 3 heteroatoms. The van der Waals surface area contributed by atoms with Crippen LogP contribution in [0.3, 0.4) is 0 Å². The average molecular weight is 187 g/mol. The summed E-state index contributed by atoms with van der Waals surface area (Å²) in [6.45, 7) is 10.8. The fraction of sp³-hybridized carbons (Fsp3) is 0.900. The molecule has 1 N–H and O–H groups in total. The van der Waals surface area contributed by atoms with Gasteiger partial charge in [0.05, 0.1) is 5.60 Å². The van der Waals surface area contributed by atoms with Gasteiger partial charge in [-0.25, -0.2) is 0 Å². The number of hydrogen-bond donors (Lipinski definition) is 1. The summed E-state index contributed by atoms with van der Waals surface area (Å²) in [4.78, 5) is 11.2. The van der Waals surface area contributed by atoms with Crippen molar-refractivity contribution in [1.29, 1.82) is 0 Å². The Morgan fingerprint density at radius 1 is 1.38 bits per heavy atom. The van der Waals surface area contributed by atoms with Crippen molar-refractivity contribution in [2.75, 3.05) is 13.2 Å². The maximum atomic E-state index is 11.2.